The van der Waals surface area contributed by atoms with Crippen molar-refractivity contribution in [1.82, 2.24) is 5.32 Å². The molecule has 3 atom stereocenters. The summed E-state index contributed by atoms with van der Waals surface area (Å²) < 4.78 is 5.47. The predicted octanol–water partition coefficient (Wildman–Crippen LogP) is 2.29. The zero-order valence-electron chi connectivity index (χ0n) is 10.0. The van der Waals surface area contributed by atoms with Crippen molar-refractivity contribution in [2.75, 3.05) is 19.8 Å². The molecule has 2 nitrogen and oxygen atoms in total. The fraction of sp³-hybridized carbons (Fsp3) is 1.00. The van der Waals surface area contributed by atoms with Gasteiger partial charge < -0.3 is 10.1 Å². The Morgan fingerprint density at radius 1 is 1.36 bits per heavy atom. The second kappa shape index (κ2) is 5.72. The topological polar surface area (TPSA) is 21.3 Å². The second-order valence-corrected chi connectivity index (χ2v) is 4.81. The first-order chi connectivity index (χ1) is 6.66. The van der Waals surface area contributed by atoms with Crippen LogP contribution in [0.25, 0.3) is 0 Å². The first-order valence-corrected chi connectivity index (χ1v) is 5.98. The highest BCUT2D eigenvalue weighted by molar-refractivity contribution is 4.84. The van der Waals surface area contributed by atoms with Crippen LogP contribution < -0.4 is 5.32 Å². The van der Waals surface area contributed by atoms with Crippen LogP contribution >= 0.6 is 0 Å². The highest BCUT2D eigenvalue weighted by Crippen LogP contribution is 2.26. The summed E-state index contributed by atoms with van der Waals surface area (Å²) in [5.41, 5.74) is 0. The van der Waals surface area contributed by atoms with Gasteiger partial charge in [0.05, 0.1) is 6.61 Å². The van der Waals surface area contributed by atoms with Crippen LogP contribution in [0.15, 0.2) is 0 Å². The number of ether oxygens (including phenoxy) is 1. The Hall–Kier alpha value is -0.0800. The number of hydrogen-bond donors (Lipinski definition) is 1. The van der Waals surface area contributed by atoms with Gasteiger partial charge >= 0.3 is 0 Å². The number of rotatable bonds is 5. The maximum atomic E-state index is 5.47. The van der Waals surface area contributed by atoms with Crippen LogP contribution in [0, 0.1) is 17.8 Å². The smallest absolute Gasteiger partial charge is 0.0510 e. The van der Waals surface area contributed by atoms with E-state index in [0.29, 0.717) is 6.04 Å². The van der Waals surface area contributed by atoms with Crippen LogP contribution in [0.3, 0.4) is 0 Å². The highest BCUT2D eigenvalue weighted by atomic mass is 16.5. The van der Waals surface area contributed by atoms with E-state index in [2.05, 4.69) is 33.0 Å². The molecule has 14 heavy (non-hydrogen) atoms. The lowest BCUT2D eigenvalue weighted by Gasteiger charge is -2.31. The Kier molecular flexibility index (Phi) is 4.90. The molecular weight excluding hydrogens is 174 g/mol. The summed E-state index contributed by atoms with van der Waals surface area (Å²) in [6, 6.07) is 0.641. The summed E-state index contributed by atoms with van der Waals surface area (Å²) >= 11 is 0. The predicted molar refractivity (Wildman–Crippen MR) is 60.4 cm³/mol. The minimum Gasteiger partial charge on any atom is -0.381 e. The Balaban J connectivity index is 2.52. The molecule has 0 spiro atoms. The van der Waals surface area contributed by atoms with Crippen LogP contribution in [0.2, 0.25) is 0 Å². The molecule has 0 amide bonds. The monoisotopic (exact) mass is 199 g/mol. The van der Waals surface area contributed by atoms with E-state index in [1.54, 1.807) is 0 Å². The average molecular weight is 199 g/mol. The molecule has 1 aliphatic heterocycles. The van der Waals surface area contributed by atoms with Gasteiger partial charge in [-0.25, -0.2) is 0 Å². The van der Waals surface area contributed by atoms with Crippen molar-refractivity contribution in [1.29, 1.82) is 0 Å². The minimum absolute atomic E-state index is 0.641. The molecule has 0 aromatic carbocycles. The Bertz CT molecular complexity index is 150. The van der Waals surface area contributed by atoms with Gasteiger partial charge in [0.1, 0.15) is 0 Å². The van der Waals surface area contributed by atoms with Crippen molar-refractivity contribution in [2.24, 2.45) is 17.8 Å². The van der Waals surface area contributed by atoms with E-state index in [4.69, 9.17) is 4.74 Å². The van der Waals surface area contributed by atoms with Crippen LogP contribution in [0.5, 0.6) is 0 Å². The zero-order chi connectivity index (χ0) is 10.6. The van der Waals surface area contributed by atoms with E-state index >= 15 is 0 Å². The largest absolute Gasteiger partial charge is 0.381 e. The van der Waals surface area contributed by atoms with Crippen LogP contribution in [-0.4, -0.2) is 25.8 Å². The highest BCUT2D eigenvalue weighted by Gasteiger charge is 2.30. The summed E-state index contributed by atoms with van der Waals surface area (Å²) in [4.78, 5) is 0. The van der Waals surface area contributed by atoms with Gasteiger partial charge in [0.2, 0.25) is 0 Å². The molecule has 0 bridgehead atoms. The molecule has 1 fully saturated rings. The van der Waals surface area contributed by atoms with E-state index in [1.807, 2.05) is 0 Å². The molecular formula is C12H25NO. The van der Waals surface area contributed by atoms with Gasteiger partial charge in [-0.05, 0) is 24.8 Å². The van der Waals surface area contributed by atoms with Crippen LogP contribution in [-0.2, 0) is 4.74 Å². The first-order valence-electron chi connectivity index (χ1n) is 5.98. The van der Waals surface area contributed by atoms with Crippen molar-refractivity contribution in [2.45, 2.75) is 40.2 Å². The van der Waals surface area contributed by atoms with Crippen molar-refractivity contribution in [3.63, 3.8) is 0 Å². The summed E-state index contributed by atoms with van der Waals surface area (Å²) in [6.07, 6.45) is 1.23. The van der Waals surface area contributed by atoms with Gasteiger partial charge in [0.15, 0.2) is 0 Å². The van der Waals surface area contributed by atoms with E-state index in [9.17, 15) is 0 Å². The lowest BCUT2D eigenvalue weighted by atomic mass is 9.82. The summed E-state index contributed by atoms with van der Waals surface area (Å²) in [7, 11) is 0. The average Bonchev–Trinajstić information content (AvgIpc) is 2.65. The maximum absolute atomic E-state index is 5.47. The fourth-order valence-corrected chi connectivity index (χ4v) is 2.27. The maximum Gasteiger partial charge on any atom is 0.0510 e. The first kappa shape index (κ1) is 12.0. The Labute approximate surface area is 88.4 Å². The normalized spacial score (nSPS) is 26.8. The van der Waals surface area contributed by atoms with Crippen LogP contribution in [0.4, 0.5) is 0 Å². The molecule has 84 valence electrons. The summed E-state index contributed by atoms with van der Waals surface area (Å²) in [6.45, 7) is 12.1. The molecule has 1 heterocycles. The third-order valence-corrected chi connectivity index (χ3v) is 3.53. The molecule has 0 aromatic rings. The molecule has 1 aliphatic rings. The Morgan fingerprint density at radius 3 is 2.50 bits per heavy atom. The van der Waals surface area contributed by atoms with Crippen molar-refractivity contribution in [3.05, 3.63) is 0 Å². The SMILES string of the molecule is CCNC(C1CCOC1)C(C)C(C)C. The van der Waals surface area contributed by atoms with Gasteiger partial charge in [-0.15, -0.1) is 0 Å². The molecule has 1 rings (SSSR count). The number of hydrogen-bond acceptors (Lipinski definition) is 2. The van der Waals surface area contributed by atoms with Crippen molar-refractivity contribution < 1.29 is 4.74 Å². The van der Waals surface area contributed by atoms with E-state index < -0.39 is 0 Å². The van der Waals surface area contributed by atoms with Gasteiger partial charge in [0, 0.05) is 18.6 Å². The second-order valence-electron chi connectivity index (χ2n) is 4.81. The summed E-state index contributed by atoms with van der Waals surface area (Å²) in [5, 5.41) is 3.63. The van der Waals surface area contributed by atoms with Crippen molar-refractivity contribution in [3.8, 4) is 0 Å². The minimum atomic E-state index is 0.641. The van der Waals surface area contributed by atoms with E-state index in [0.717, 1.165) is 37.5 Å². The molecule has 0 saturated carbocycles. The third kappa shape index (κ3) is 2.96. The number of nitrogens with one attached hydrogen (secondary N) is 1. The van der Waals surface area contributed by atoms with E-state index in [1.165, 1.54) is 6.42 Å². The Morgan fingerprint density at radius 2 is 2.07 bits per heavy atom. The van der Waals surface area contributed by atoms with Crippen molar-refractivity contribution >= 4 is 0 Å². The molecule has 1 saturated heterocycles. The van der Waals surface area contributed by atoms with Gasteiger partial charge in [-0.3, -0.25) is 0 Å². The molecule has 2 heteroatoms. The lowest BCUT2D eigenvalue weighted by molar-refractivity contribution is 0.158. The molecule has 0 aromatic heterocycles. The quantitative estimate of drug-likeness (QED) is 0.733. The summed E-state index contributed by atoms with van der Waals surface area (Å²) in [5.74, 6) is 2.22. The standard InChI is InChI=1S/C12H25NO/c1-5-13-12(10(4)9(2)3)11-6-7-14-8-11/h9-13H,5-8H2,1-4H3. The van der Waals surface area contributed by atoms with Crippen LogP contribution in [0.1, 0.15) is 34.1 Å². The fourth-order valence-electron chi connectivity index (χ4n) is 2.27. The molecule has 1 N–H and O–H groups in total. The third-order valence-electron chi connectivity index (χ3n) is 3.53. The van der Waals surface area contributed by atoms with Gasteiger partial charge in [-0.1, -0.05) is 27.7 Å². The molecule has 0 radical (unpaired) electrons. The lowest BCUT2D eigenvalue weighted by Crippen LogP contribution is -2.43. The molecule has 0 aliphatic carbocycles. The van der Waals surface area contributed by atoms with Gasteiger partial charge in [-0.2, -0.15) is 0 Å². The molecule has 3 unspecified atom stereocenters. The van der Waals surface area contributed by atoms with Gasteiger partial charge in [0.25, 0.3) is 0 Å². The zero-order valence-corrected chi connectivity index (χ0v) is 10.0. The van der Waals surface area contributed by atoms with E-state index in [-0.39, 0.29) is 0 Å².